The SMILES string of the molecule is Cc1cc(C)c(NC(=O)N(Cc2cccc(-c3ccnn3C)c2)C2CCCCCC2)c(C)c1. The average molecular weight is 445 g/mol. The van der Waals surface area contributed by atoms with Gasteiger partial charge in [-0.15, -0.1) is 0 Å². The third-order valence-corrected chi connectivity index (χ3v) is 6.83. The van der Waals surface area contributed by atoms with Crippen molar-refractivity contribution in [1.82, 2.24) is 14.7 Å². The van der Waals surface area contributed by atoms with Gasteiger partial charge >= 0.3 is 6.03 Å². The number of aromatic nitrogens is 2. The summed E-state index contributed by atoms with van der Waals surface area (Å²) in [6.45, 7) is 6.84. The first-order valence-electron chi connectivity index (χ1n) is 12.1. The zero-order valence-electron chi connectivity index (χ0n) is 20.4. The van der Waals surface area contributed by atoms with Gasteiger partial charge in [0.05, 0.1) is 5.69 Å². The molecule has 1 N–H and O–H groups in total. The highest BCUT2D eigenvalue weighted by Crippen LogP contribution is 2.28. The minimum absolute atomic E-state index is 0.00268. The Balaban J connectivity index is 1.62. The van der Waals surface area contributed by atoms with Gasteiger partial charge in [-0.25, -0.2) is 4.79 Å². The van der Waals surface area contributed by atoms with Gasteiger partial charge in [0.1, 0.15) is 0 Å². The van der Waals surface area contributed by atoms with Crippen molar-refractivity contribution in [2.75, 3.05) is 5.32 Å². The van der Waals surface area contributed by atoms with Gasteiger partial charge in [-0.1, -0.05) is 61.6 Å². The normalized spacial score (nSPS) is 14.7. The number of carbonyl (C=O) groups is 1. The summed E-state index contributed by atoms with van der Waals surface area (Å²) >= 11 is 0. The smallest absolute Gasteiger partial charge is 0.317 e. The number of benzene rings is 2. The predicted molar refractivity (Wildman–Crippen MR) is 135 cm³/mol. The highest BCUT2D eigenvalue weighted by Gasteiger charge is 2.26. The maximum Gasteiger partial charge on any atom is 0.322 e. The molecule has 33 heavy (non-hydrogen) atoms. The van der Waals surface area contributed by atoms with E-state index >= 15 is 0 Å². The van der Waals surface area contributed by atoms with E-state index in [4.69, 9.17) is 0 Å². The molecule has 5 nitrogen and oxygen atoms in total. The molecule has 1 aromatic heterocycles. The van der Waals surface area contributed by atoms with Gasteiger partial charge < -0.3 is 10.2 Å². The molecule has 1 fully saturated rings. The fraction of sp³-hybridized carbons (Fsp3) is 0.429. The number of nitrogens with zero attached hydrogens (tertiary/aromatic N) is 3. The van der Waals surface area contributed by atoms with E-state index in [-0.39, 0.29) is 12.1 Å². The molecule has 3 aromatic rings. The second-order valence-corrected chi connectivity index (χ2v) is 9.52. The summed E-state index contributed by atoms with van der Waals surface area (Å²) in [5.74, 6) is 0. The highest BCUT2D eigenvalue weighted by molar-refractivity contribution is 5.91. The summed E-state index contributed by atoms with van der Waals surface area (Å²) in [5, 5.41) is 7.58. The number of aryl methyl sites for hydroxylation is 4. The van der Waals surface area contributed by atoms with Crippen LogP contribution >= 0.6 is 0 Å². The van der Waals surface area contributed by atoms with Crippen molar-refractivity contribution >= 4 is 11.7 Å². The molecule has 2 aromatic carbocycles. The van der Waals surface area contributed by atoms with Crippen molar-refractivity contribution in [3.63, 3.8) is 0 Å². The fourth-order valence-corrected chi connectivity index (χ4v) is 5.17. The molecule has 1 heterocycles. The molecule has 0 radical (unpaired) electrons. The molecule has 2 amide bonds. The molecule has 4 rings (SSSR count). The van der Waals surface area contributed by atoms with Crippen LogP contribution in [-0.2, 0) is 13.6 Å². The Hall–Kier alpha value is -3.08. The molecule has 0 spiro atoms. The number of hydrogen-bond donors (Lipinski definition) is 1. The number of carbonyl (C=O) groups excluding carboxylic acids is 1. The second kappa shape index (κ2) is 10.2. The van der Waals surface area contributed by atoms with E-state index < -0.39 is 0 Å². The van der Waals surface area contributed by atoms with Crippen LogP contribution in [0.4, 0.5) is 10.5 Å². The molecule has 174 valence electrons. The van der Waals surface area contributed by atoms with Crippen LogP contribution in [0, 0.1) is 20.8 Å². The number of urea groups is 1. The van der Waals surface area contributed by atoms with E-state index in [1.54, 1.807) is 0 Å². The first kappa shape index (κ1) is 23.1. The second-order valence-electron chi connectivity index (χ2n) is 9.52. The summed E-state index contributed by atoms with van der Waals surface area (Å²) in [5.41, 5.74) is 7.72. The summed E-state index contributed by atoms with van der Waals surface area (Å²) < 4.78 is 1.89. The Kier molecular flexibility index (Phi) is 7.17. The number of amides is 2. The highest BCUT2D eigenvalue weighted by atomic mass is 16.2. The quantitative estimate of drug-likeness (QED) is 0.442. The largest absolute Gasteiger partial charge is 0.322 e. The predicted octanol–water partition coefficient (Wildman–Crippen LogP) is 6.77. The summed E-state index contributed by atoms with van der Waals surface area (Å²) in [7, 11) is 1.96. The molecular formula is C28H36N4O. The summed E-state index contributed by atoms with van der Waals surface area (Å²) in [4.78, 5) is 15.8. The van der Waals surface area contributed by atoms with Crippen molar-refractivity contribution in [2.45, 2.75) is 71.9 Å². The first-order chi connectivity index (χ1) is 15.9. The maximum atomic E-state index is 13.7. The van der Waals surface area contributed by atoms with Crippen molar-refractivity contribution in [2.24, 2.45) is 7.05 Å². The van der Waals surface area contributed by atoms with Crippen molar-refractivity contribution in [3.8, 4) is 11.3 Å². The van der Waals surface area contributed by atoms with Gasteiger partial charge in [0.25, 0.3) is 0 Å². The van der Waals surface area contributed by atoms with Crippen LogP contribution in [0.2, 0.25) is 0 Å². The molecule has 0 saturated heterocycles. The van der Waals surface area contributed by atoms with Gasteiger partial charge in [0, 0.05) is 37.1 Å². The lowest BCUT2D eigenvalue weighted by molar-refractivity contribution is 0.175. The Morgan fingerprint density at radius 3 is 2.36 bits per heavy atom. The van der Waals surface area contributed by atoms with Crippen molar-refractivity contribution < 1.29 is 4.79 Å². The summed E-state index contributed by atoms with van der Waals surface area (Å²) in [6.07, 6.45) is 8.86. The van der Waals surface area contributed by atoms with Crippen LogP contribution in [0.1, 0.15) is 60.8 Å². The van der Waals surface area contributed by atoms with Gasteiger partial charge in [-0.05, 0) is 62.4 Å². The average Bonchev–Trinajstić information content (AvgIpc) is 3.04. The van der Waals surface area contributed by atoms with Crippen LogP contribution < -0.4 is 5.32 Å². The number of anilines is 1. The molecule has 1 aliphatic carbocycles. The monoisotopic (exact) mass is 444 g/mol. The molecule has 0 atom stereocenters. The Morgan fingerprint density at radius 2 is 1.73 bits per heavy atom. The van der Waals surface area contributed by atoms with E-state index in [0.29, 0.717) is 6.54 Å². The molecule has 5 heteroatoms. The molecule has 0 aliphatic heterocycles. The standard InChI is InChI=1S/C28H36N4O/c1-20-16-21(2)27(22(3)17-20)30-28(33)32(25-12-7-5-6-8-13-25)19-23-10-9-11-24(18-23)26-14-15-29-31(26)4/h9-11,14-18,25H,5-8,12-13,19H2,1-4H3,(H,30,33). The van der Waals surface area contributed by atoms with Gasteiger partial charge in [-0.2, -0.15) is 5.10 Å². The first-order valence-corrected chi connectivity index (χ1v) is 12.1. The van der Waals surface area contributed by atoms with Crippen LogP contribution in [0.15, 0.2) is 48.7 Å². The number of rotatable bonds is 5. The van der Waals surface area contributed by atoms with Gasteiger partial charge in [-0.3, -0.25) is 4.68 Å². The lowest BCUT2D eigenvalue weighted by Gasteiger charge is -2.32. The maximum absolute atomic E-state index is 13.7. The fourth-order valence-electron chi connectivity index (χ4n) is 5.17. The van der Waals surface area contributed by atoms with Gasteiger partial charge in [0.15, 0.2) is 0 Å². The zero-order chi connectivity index (χ0) is 23.4. The van der Waals surface area contributed by atoms with E-state index in [9.17, 15) is 4.79 Å². The molecule has 0 unspecified atom stereocenters. The van der Waals surface area contributed by atoms with E-state index in [1.807, 2.05) is 24.0 Å². The number of nitrogens with one attached hydrogen (secondary N) is 1. The van der Waals surface area contributed by atoms with E-state index in [2.05, 4.69) is 72.5 Å². The Morgan fingerprint density at radius 1 is 1.03 bits per heavy atom. The van der Waals surface area contributed by atoms with E-state index in [0.717, 1.165) is 46.5 Å². The number of hydrogen-bond acceptors (Lipinski definition) is 2. The van der Waals surface area contributed by atoms with Crippen LogP contribution in [0.5, 0.6) is 0 Å². The van der Waals surface area contributed by atoms with Crippen LogP contribution in [0.25, 0.3) is 11.3 Å². The van der Waals surface area contributed by atoms with Crippen molar-refractivity contribution in [3.05, 3.63) is 70.9 Å². The lowest BCUT2D eigenvalue weighted by Crippen LogP contribution is -2.42. The molecule has 1 saturated carbocycles. The lowest BCUT2D eigenvalue weighted by atomic mass is 10.0. The molecule has 1 aliphatic rings. The van der Waals surface area contributed by atoms with E-state index in [1.165, 1.54) is 31.2 Å². The minimum Gasteiger partial charge on any atom is -0.317 e. The zero-order valence-corrected chi connectivity index (χ0v) is 20.4. The third-order valence-electron chi connectivity index (χ3n) is 6.83. The van der Waals surface area contributed by atoms with Gasteiger partial charge in [0.2, 0.25) is 0 Å². The minimum atomic E-state index is 0.00268. The Bertz CT molecular complexity index is 1090. The van der Waals surface area contributed by atoms with Crippen molar-refractivity contribution in [1.29, 1.82) is 0 Å². The summed E-state index contributed by atoms with van der Waals surface area (Å²) in [6, 6.07) is 15.1. The third kappa shape index (κ3) is 5.47. The van der Waals surface area contributed by atoms with Crippen LogP contribution in [0.3, 0.4) is 0 Å². The molecule has 0 bridgehead atoms. The molecular weight excluding hydrogens is 408 g/mol. The van der Waals surface area contributed by atoms with Crippen LogP contribution in [-0.4, -0.2) is 26.8 Å². The Labute approximate surface area is 197 Å². The topological polar surface area (TPSA) is 50.2 Å².